The van der Waals surface area contributed by atoms with Gasteiger partial charge in [-0.15, -0.1) is 0 Å². The molecule has 0 bridgehead atoms. The summed E-state index contributed by atoms with van der Waals surface area (Å²) in [4.78, 5) is 37.7. The van der Waals surface area contributed by atoms with Crippen molar-refractivity contribution in [2.45, 2.75) is 6.42 Å². The molecule has 2 fully saturated rings. The summed E-state index contributed by atoms with van der Waals surface area (Å²) < 4.78 is 0. The van der Waals surface area contributed by atoms with Crippen LogP contribution < -0.4 is 5.32 Å². The van der Waals surface area contributed by atoms with E-state index in [4.69, 9.17) is 5.11 Å². The predicted octanol–water partition coefficient (Wildman–Crippen LogP) is -1.40. The van der Waals surface area contributed by atoms with Gasteiger partial charge in [0.2, 0.25) is 11.8 Å². The fourth-order valence-corrected chi connectivity index (χ4v) is 2.38. The fraction of sp³-hybridized carbons (Fsp3) is 0.750. The summed E-state index contributed by atoms with van der Waals surface area (Å²) in [6, 6.07) is 0. The largest absolute Gasteiger partial charge is 0.481 e. The van der Waals surface area contributed by atoms with Gasteiger partial charge in [-0.05, 0) is 6.42 Å². The summed E-state index contributed by atoms with van der Waals surface area (Å²) in [5, 5.41) is 11.4. The van der Waals surface area contributed by atoms with Crippen molar-refractivity contribution in [3.63, 3.8) is 0 Å². The molecule has 1 aliphatic heterocycles. The maximum atomic E-state index is 12.0. The molecule has 7 nitrogen and oxygen atoms in total. The number of carbonyl (C=O) groups excluding carboxylic acids is 2. The van der Waals surface area contributed by atoms with Gasteiger partial charge in [0.25, 0.3) is 0 Å². The zero-order valence-electron chi connectivity index (χ0n) is 11.0. The summed E-state index contributed by atoms with van der Waals surface area (Å²) in [6.45, 7) is 2.80. The van der Waals surface area contributed by atoms with Gasteiger partial charge in [-0.2, -0.15) is 0 Å². The van der Waals surface area contributed by atoms with Crippen LogP contribution in [0, 0.1) is 11.8 Å². The van der Waals surface area contributed by atoms with Gasteiger partial charge in [-0.3, -0.25) is 19.3 Å². The molecule has 1 saturated heterocycles. The Hall–Kier alpha value is -1.63. The number of nitrogens with zero attached hydrogens (tertiary/aromatic N) is 2. The molecule has 2 rings (SSSR count). The zero-order valence-corrected chi connectivity index (χ0v) is 11.0. The molecule has 2 N–H and O–H groups in total. The monoisotopic (exact) mass is 269 g/mol. The van der Waals surface area contributed by atoms with E-state index >= 15 is 0 Å². The highest BCUT2D eigenvalue weighted by Gasteiger charge is 2.49. The Bertz CT molecular complexity index is 390. The minimum Gasteiger partial charge on any atom is -0.481 e. The van der Waals surface area contributed by atoms with Crippen molar-refractivity contribution in [2.75, 3.05) is 39.8 Å². The molecule has 0 unspecified atom stereocenters. The number of nitrogens with one attached hydrogen (secondary N) is 1. The smallest absolute Gasteiger partial charge is 0.307 e. The van der Waals surface area contributed by atoms with Gasteiger partial charge in [0.05, 0.1) is 18.4 Å². The van der Waals surface area contributed by atoms with Crippen molar-refractivity contribution < 1.29 is 19.5 Å². The third-order valence-corrected chi connectivity index (χ3v) is 3.75. The molecular weight excluding hydrogens is 250 g/mol. The van der Waals surface area contributed by atoms with E-state index in [1.807, 2.05) is 4.90 Å². The first-order valence-corrected chi connectivity index (χ1v) is 6.47. The Morgan fingerprint density at radius 2 is 1.79 bits per heavy atom. The first-order valence-electron chi connectivity index (χ1n) is 6.47. The molecular formula is C12H19N3O4. The molecule has 0 aromatic rings. The summed E-state index contributed by atoms with van der Waals surface area (Å²) >= 11 is 0. The van der Waals surface area contributed by atoms with Crippen LogP contribution in [0.2, 0.25) is 0 Å². The Morgan fingerprint density at radius 3 is 2.26 bits per heavy atom. The van der Waals surface area contributed by atoms with Crippen LogP contribution in [0.1, 0.15) is 6.42 Å². The standard InChI is InChI=1S/C12H19N3O4/c1-13-10(16)7-14-2-4-15(5-3-14)11(17)8-6-9(8)12(18)19/h8-9H,2-7H2,1H3,(H,13,16)(H,18,19)/t8-,9+/m1/s1. The lowest BCUT2D eigenvalue weighted by Gasteiger charge is -2.34. The van der Waals surface area contributed by atoms with E-state index in [9.17, 15) is 14.4 Å². The molecule has 19 heavy (non-hydrogen) atoms. The molecule has 0 aromatic heterocycles. The fourth-order valence-electron chi connectivity index (χ4n) is 2.38. The lowest BCUT2D eigenvalue weighted by molar-refractivity contribution is -0.142. The number of hydrogen-bond acceptors (Lipinski definition) is 4. The summed E-state index contributed by atoms with van der Waals surface area (Å²) in [6.07, 6.45) is 0.465. The van der Waals surface area contributed by atoms with Gasteiger partial charge in [0.1, 0.15) is 0 Å². The van der Waals surface area contributed by atoms with Crippen LogP contribution in [-0.4, -0.2) is 72.5 Å². The van der Waals surface area contributed by atoms with Gasteiger partial charge < -0.3 is 15.3 Å². The quantitative estimate of drug-likeness (QED) is 0.655. The van der Waals surface area contributed by atoms with Crippen LogP contribution in [0.15, 0.2) is 0 Å². The van der Waals surface area contributed by atoms with Crippen LogP contribution in [0.4, 0.5) is 0 Å². The Morgan fingerprint density at radius 1 is 1.16 bits per heavy atom. The minimum atomic E-state index is -0.878. The average Bonchev–Trinajstić information content (AvgIpc) is 3.19. The number of carboxylic acid groups (broad SMARTS) is 1. The highest BCUT2D eigenvalue weighted by atomic mass is 16.4. The topological polar surface area (TPSA) is 90.0 Å². The van der Waals surface area contributed by atoms with Crippen LogP contribution in [0.5, 0.6) is 0 Å². The van der Waals surface area contributed by atoms with E-state index in [2.05, 4.69) is 5.32 Å². The van der Waals surface area contributed by atoms with Gasteiger partial charge in [-0.25, -0.2) is 0 Å². The van der Waals surface area contributed by atoms with E-state index in [1.54, 1.807) is 11.9 Å². The van der Waals surface area contributed by atoms with E-state index in [0.717, 1.165) is 0 Å². The molecule has 2 atom stereocenters. The van der Waals surface area contributed by atoms with Crippen molar-refractivity contribution in [1.82, 2.24) is 15.1 Å². The first-order chi connectivity index (χ1) is 9.02. The molecule has 0 radical (unpaired) electrons. The molecule has 2 aliphatic rings. The van der Waals surface area contributed by atoms with Gasteiger partial charge in [0.15, 0.2) is 0 Å². The van der Waals surface area contributed by atoms with Gasteiger partial charge in [0, 0.05) is 33.2 Å². The highest BCUT2D eigenvalue weighted by Crippen LogP contribution is 2.40. The lowest BCUT2D eigenvalue weighted by atomic mass is 10.2. The number of likely N-dealkylation sites (N-methyl/N-ethyl adjacent to an activating group) is 1. The molecule has 7 heteroatoms. The van der Waals surface area contributed by atoms with Crippen LogP contribution >= 0.6 is 0 Å². The predicted molar refractivity (Wildman–Crippen MR) is 66.3 cm³/mol. The Labute approximate surface area is 111 Å². The number of carboxylic acids is 1. The summed E-state index contributed by atoms with van der Waals surface area (Å²) in [5.41, 5.74) is 0. The van der Waals surface area contributed by atoms with E-state index < -0.39 is 11.9 Å². The molecule has 2 amide bonds. The van der Waals surface area contributed by atoms with Crippen LogP contribution in [0.25, 0.3) is 0 Å². The first kappa shape index (κ1) is 13.8. The van der Waals surface area contributed by atoms with Crippen molar-refractivity contribution in [2.24, 2.45) is 11.8 Å². The second-order valence-electron chi connectivity index (χ2n) is 5.06. The zero-order chi connectivity index (χ0) is 14.0. The average molecular weight is 269 g/mol. The third kappa shape index (κ3) is 3.23. The second-order valence-corrected chi connectivity index (χ2v) is 5.06. The lowest BCUT2D eigenvalue weighted by Crippen LogP contribution is -2.51. The number of rotatable bonds is 4. The number of aliphatic carboxylic acids is 1. The van der Waals surface area contributed by atoms with E-state index in [1.165, 1.54) is 0 Å². The molecule has 0 spiro atoms. The second kappa shape index (κ2) is 5.56. The minimum absolute atomic E-state index is 0.0343. The van der Waals surface area contributed by atoms with Crippen LogP contribution in [0.3, 0.4) is 0 Å². The number of carbonyl (C=O) groups is 3. The van der Waals surface area contributed by atoms with Gasteiger partial charge >= 0.3 is 5.97 Å². The van der Waals surface area contributed by atoms with Crippen molar-refractivity contribution >= 4 is 17.8 Å². The van der Waals surface area contributed by atoms with E-state index in [-0.39, 0.29) is 17.7 Å². The number of hydrogen-bond donors (Lipinski definition) is 2. The van der Waals surface area contributed by atoms with E-state index in [0.29, 0.717) is 39.1 Å². The summed E-state index contributed by atoms with van der Waals surface area (Å²) in [7, 11) is 1.60. The number of amides is 2. The van der Waals surface area contributed by atoms with Crippen molar-refractivity contribution in [3.05, 3.63) is 0 Å². The maximum absolute atomic E-state index is 12.0. The molecule has 1 heterocycles. The molecule has 1 aliphatic carbocycles. The Kier molecular flexibility index (Phi) is 4.04. The normalized spacial score (nSPS) is 26.9. The molecule has 1 saturated carbocycles. The molecule has 106 valence electrons. The maximum Gasteiger partial charge on any atom is 0.307 e. The SMILES string of the molecule is CNC(=O)CN1CCN(C(=O)[C@@H]2C[C@@H]2C(=O)O)CC1. The highest BCUT2D eigenvalue weighted by molar-refractivity contribution is 5.89. The summed E-state index contributed by atoms with van der Waals surface area (Å²) in [5.74, 6) is -1.78. The number of piperazine rings is 1. The third-order valence-electron chi connectivity index (χ3n) is 3.75. The van der Waals surface area contributed by atoms with Crippen molar-refractivity contribution in [3.8, 4) is 0 Å². The van der Waals surface area contributed by atoms with Crippen LogP contribution in [-0.2, 0) is 14.4 Å². The molecule has 0 aromatic carbocycles. The Balaban J connectivity index is 1.76. The van der Waals surface area contributed by atoms with Crippen molar-refractivity contribution in [1.29, 1.82) is 0 Å². The van der Waals surface area contributed by atoms with Gasteiger partial charge in [-0.1, -0.05) is 0 Å².